The molecule has 102 valence electrons. The molecule has 0 aromatic heterocycles. The van der Waals surface area contributed by atoms with Crippen molar-refractivity contribution < 1.29 is 9.53 Å². The number of fused-ring (bicyclic) bond motifs is 2. The lowest BCUT2D eigenvalue weighted by Crippen LogP contribution is -2.28. The molecular formula is C15H11Cl2NO2. The van der Waals surface area contributed by atoms with Crippen LogP contribution in [-0.2, 0) is 4.79 Å². The van der Waals surface area contributed by atoms with Gasteiger partial charge in [0.05, 0.1) is 11.4 Å². The molecule has 0 atom stereocenters. The summed E-state index contributed by atoms with van der Waals surface area (Å²) in [6, 6.07) is 12.6. The minimum absolute atomic E-state index is 0.0840. The number of carbonyl (C=O) groups excluding carboxylic acids is 1. The number of hydrogen-bond donors (Lipinski definition) is 0. The van der Waals surface area contributed by atoms with Gasteiger partial charge < -0.3 is 4.74 Å². The van der Waals surface area contributed by atoms with E-state index in [1.165, 1.54) is 0 Å². The van der Waals surface area contributed by atoms with E-state index in [2.05, 4.69) is 0 Å². The van der Waals surface area contributed by atoms with Gasteiger partial charge in [-0.05, 0) is 30.3 Å². The third-order valence-corrected chi connectivity index (χ3v) is 3.47. The van der Waals surface area contributed by atoms with Gasteiger partial charge in [-0.15, -0.1) is 11.6 Å². The van der Waals surface area contributed by atoms with Gasteiger partial charge in [0.25, 0.3) is 0 Å². The van der Waals surface area contributed by atoms with E-state index in [0.717, 1.165) is 0 Å². The van der Waals surface area contributed by atoms with E-state index in [-0.39, 0.29) is 18.2 Å². The van der Waals surface area contributed by atoms with Crippen molar-refractivity contribution in [3.8, 4) is 11.5 Å². The van der Waals surface area contributed by atoms with E-state index in [1.807, 2.05) is 24.3 Å². The molecule has 5 heteroatoms. The predicted molar refractivity (Wildman–Crippen MR) is 80.5 cm³/mol. The van der Waals surface area contributed by atoms with Gasteiger partial charge in [0.15, 0.2) is 11.5 Å². The monoisotopic (exact) mass is 307 g/mol. The highest BCUT2D eigenvalue weighted by atomic mass is 35.5. The van der Waals surface area contributed by atoms with Crippen molar-refractivity contribution in [2.75, 3.05) is 10.8 Å². The number of nitrogens with zero attached hydrogens (tertiary/aromatic N) is 1. The maximum atomic E-state index is 12.4. The minimum Gasteiger partial charge on any atom is -0.453 e. The average Bonchev–Trinajstić information content (AvgIpc) is 2.45. The zero-order valence-corrected chi connectivity index (χ0v) is 12.0. The molecule has 0 radical (unpaired) electrons. The molecule has 0 bridgehead atoms. The summed E-state index contributed by atoms with van der Waals surface area (Å²) in [5, 5.41) is 0.551. The number of halogens is 2. The number of alkyl halides is 1. The molecule has 3 nitrogen and oxygen atoms in total. The number of carbonyl (C=O) groups is 1. The lowest BCUT2D eigenvalue weighted by atomic mass is 10.1. The average molecular weight is 308 g/mol. The topological polar surface area (TPSA) is 29.5 Å². The molecule has 3 rings (SSSR count). The Bertz CT molecular complexity index is 673. The van der Waals surface area contributed by atoms with E-state index in [4.69, 9.17) is 27.9 Å². The molecule has 0 fully saturated rings. The van der Waals surface area contributed by atoms with Crippen molar-refractivity contribution in [1.82, 2.24) is 0 Å². The minimum atomic E-state index is -0.0840. The number of benzene rings is 2. The normalized spacial score (nSPS) is 12.4. The summed E-state index contributed by atoms with van der Waals surface area (Å²) in [6.07, 6.45) is 0.252. The van der Waals surface area contributed by atoms with Gasteiger partial charge in [0.1, 0.15) is 0 Å². The zero-order valence-electron chi connectivity index (χ0n) is 10.5. The quantitative estimate of drug-likeness (QED) is 0.750. The van der Waals surface area contributed by atoms with Crippen molar-refractivity contribution in [2.45, 2.75) is 6.42 Å². The standard InChI is InChI=1S/C15H11Cl2NO2/c16-8-7-15(19)18-11-3-1-2-4-13(11)20-14-6-5-10(17)9-12(14)18/h1-6,9H,7-8H2. The molecule has 0 unspecified atom stereocenters. The molecule has 1 aliphatic rings. The van der Waals surface area contributed by atoms with Gasteiger partial charge in [-0.2, -0.15) is 0 Å². The molecule has 0 saturated carbocycles. The Balaban J connectivity index is 2.16. The Morgan fingerprint density at radius 3 is 2.65 bits per heavy atom. The molecule has 1 amide bonds. The smallest absolute Gasteiger partial charge is 0.232 e. The molecule has 2 aromatic carbocycles. The fraction of sp³-hybridized carbons (Fsp3) is 0.133. The summed E-state index contributed by atoms with van der Waals surface area (Å²) in [7, 11) is 0. The first-order chi connectivity index (χ1) is 9.70. The summed E-state index contributed by atoms with van der Waals surface area (Å²) in [5.41, 5.74) is 1.35. The van der Waals surface area contributed by atoms with Gasteiger partial charge in [-0.3, -0.25) is 9.69 Å². The molecule has 0 aliphatic carbocycles. The molecule has 1 heterocycles. The highest BCUT2D eigenvalue weighted by Gasteiger charge is 2.28. The lowest BCUT2D eigenvalue weighted by Gasteiger charge is -2.31. The van der Waals surface area contributed by atoms with Crippen LogP contribution >= 0.6 is 23.2 Å². The van der Waals surface area contributed by atoms with Crippen LogP contribution < -0.4 is 9.64 Å². The Labute approximate surface area is 126 Å². The fourth-order valence-corrected chi connectivity index (χ4v) is 2.52. The van der Waals surface area contributed by atoms with Crippen molar-refractivity contribution >= 4 is 40.5 Å². The third-order valence-electron chi connectivity index (χ3n) is 3.05. The van der Waals surface area contributed by atoms with E-state index < -0.39 is 0 Å². The number of ether oxygens (including phenoxy) is 1. The third kappa shape index (κ3) is 2.23. The SMILES string of the molecule is O=C(CCCl)N1c2ccccc2Oc2ccc(Cl)cc21. The maximum Gasteiger partial charge on any atom is 0.232 e. The summed E-state index contributed by atoms with van der Waals surface area (Å²) < 4.78 is 5.81. The number of para-hydroxylation sites is 2. The van der Waals surface area contributed by atoms with Gasteiger partial charge >= 0.3 is 0 Å². The molecule has 20 heavy (non-hydrogen) atoms. The highest BCUT2D eigenvalue weighted by molar-refractivity contribution is 6.31. The van der Waals surface area contributed by atoms with Gasteiger partial charge in [0, 0.05) is 17.3 Å². The maximum absolute atomic E-state index is 12.4. The van der Waals surface area contributed by atoms with Crippen LogP contribution in [0.1, 0.15) is 6.42 Å². The van der Waals surface area contributed by atoms with E-state index in [1.54, 1.807) is 23.1 Å². The summed E-state index contributed by atoms with van der Waals surface area (Å²) in [4.78, 5) is 14.0. The number of amides is 1. The lowest BCUT2D eigenvalue weighted by molar-refractivity contribution is -0.117. The van der Waals surface area contributed by atoms with Crippen LogP contribution in [0.2, 0.25) is 5.02 Å². The summed E-state index contributed by atoms with van der Waals surface area (Å²) in [6.45, 7) is 0. The van der Waals surface area contributed by atoms with Crippen LogP contribution in [0, 0.1) is 0 Å². The number of anilines is 2. The zero-order chi connectivity index (χ0) is 14.1. The fourth-order valence-electron chi connectivity index (χ4n) is 2.19. The van der Waals surface area contributed by atoms with Crippen LogP contribution in [0.4, 0.5) is 11.4 Å². The van der Waals surface area contributed by atoms with Gasteiger partial charge in [-0.1, -0.05) is 23.7 Å². The molecule has 2 aromatic rings. The van der Waals surface area contributed by atoms with Crippen LogP contribution in [0.15, 0.2) is 42.5 Å². The van der Waals surface area contributed by atoms with Gasteiger partial charge in [-0.25, -0.2) is 0 Å². The van der Waals surface area contributed by atoms with Crippen molar-refractivity contribution in [3.05, 3.63) is 47.5 Å². The van der Waals surface area contributed by atoms with E-state index in [9.17, 15) is 4.79 Å². The molecule has 0 N–H and O–H groups in total. The Morgan fingerprint density at radius 1 is 1.10 bits per heavy atom. The molecule has 1 aliphatic heterocycles. The largest absolute Gasteiger partial charge is 0.453 e. The van der Waals surface area contributed by atoms with Crippen LogP contribution in [0.25, 0.3) is 0 Å². The first-order valence-electron chi connectivity index (χ1n) is 6.16. The van der Waals surface area contributed by atoms with E-state index >= 15 is 0 Å². The second-order valence-electron chi connectivity index (χ2n) is 4.35. The van der Waals surface area contributed by atoms with Crippen molar-refractivity contribution in [1.29, 1.82) is 0 Å². The molecule has 0 saturated heterocycles. The van der Waals surface area contributed by atoms with E-state index in [0.29, 0.717) is 27.9 Å². The molecule has 0 spiro atoms. The number of rotatable bonds is 2. The van der Waals surface area contributed by atoms with Crippen molar-refractivity contribution in [3.63, 3.8) is 0 Å². The number of hydrogen-bond acceptors (Lipinski definition) is 2. The van der Waals surface area contributed by atoms with Gasteiger partial charge in [0.2, 0.25) is 5.91 Å². The summed E-state index contributed by atoms with van der Waals surface area (Å²) in [5.74, 6) is 1.44. The second kappa shape index (κ2) is 5.35. The summed E-state index contributed by atoms with van der Waals surface area (Å²) >= 11 is 11.7. The Kier molecular flexibility index (Phi) is 3.55. The van der Waals surface area contributed by atoms with Crippen LogP contribution in [-0.4, -0.2) is 11.8 Å². The first kappa shape index (κ1) is 13.3. The molecular weight excluding hydrogens is 297 g/mol. The second-order valence-corrected chi connectivity index (χ2v) is 5.16. The van der Waals surface area contributed by atoms with Crippen LogP contribution in [0.3, 0.4) is 0 Å². The Morgan fingerprint density at radius 2 is 1.85 bits per heavy atom. The predicted octanol–water partition coefficient (Wildman–Crippen LogP) is 4.74. The van der Waals surface area contributed by atoms with Crippen molar-refractivity contribution in [2.24, 2.45) is 0 Å². The first-order valence-corrected chi connectivity index (χ1v) is 7.07. The van der Waals surface area contributed by atoms with Crippen LogP contribution in [0.5, 0.6) is 11.5 Å². The Hall–Kier alpha value is -1.71. The highest BCUT2D eigenvalue weighted by Crippen LogP contribution is 2.47.